The van der Waals surface area contributed by atoms with Gasteiger partial charge in [0.2, 0.25) is 0 Å². The van der Waals surface area contributed by atoms with Crippen LogP contribution in [0.5, 0.6) is 5.75 Å². The van der Waals surface area contributed by atoms with Crippen LogP contribution >= 0.6 is 15.9 Å². The second kappa shape index (κ2) is 5.19. The zero-order valence-corrected chi connectivity index (χ0v) is 11.0. The van der Waals surface area contributed by atoms with E-state index in [1.807, 2.05) is 31.3 Å². The summed E-state index contributed by atoms with van der Waals surface area (Å²) in [7, 11) is 0. The van der Waals surface area contributed by atoms with Crippen LogP contribution in [0, 0.1) is 6.92 Å². The fourth-order valence-corrected chi connectivity index (χ4v) is 1.94. The van der Waals surface area contributed by atoms with Gasteiger partial charge in [-0.15, -0.1) is 0 Å². The van der Waals surface area contributed by atoms with Crippen molar-refractivity contribution in [2.24, 2.45) is 0 Å². The van der Waals surface area contributed by atoms with Crippen molar-refractivity contribution in [2.45, 2.75) is 13.5 Å². The first-order chi connectivity index (χ1) is 8.15. The van der Waals surface area contributed by atoms with E-state index in [9.17, 15) is 5.11 Å². The molecule has 17 heavy (non-hydrogen) atoms. The smallest absolute Gasteiger partial charge is 0.129 e. The maximum atomic E-state index is 9.39. The Labute approximate surface area is 109 Å². The van der Waals surface area contributed by atoms with E-state index >= 15 is 0 Å². The Kier molecular flexibility index (Phi) is 3.64. The number of hydrogen-bond acceptors (Lipinski definition) is 3. The molecular formula is C13H13BrN2O. The largest absolute Gasteiger partial charge is 0.507 e. The minimum atomic E-state index is 0.256. The van der Waals surface area contributed by atoms with Gasteiger partial charge < -0.3 is 10.4 Å². The lowest BCUT2D eigenvalue weighted by Crippen LogP contribution is -1.99. The molecule has 0 aliphatic heterocycles. The van der Waals surface area contributed by atoms with E-state index in [2.05, 4.69) is 26.2 Å². The predicted molar refractivity (Wildman–Crippen MR) is 72.1 cm³/mol. The molecule has 0 unspecified atom stereocenters. The summed E-state index contributed by atoms with van der Waals surface area (Å²) in [6, 6.07) is 7.50. The third-order valence-electron chi connectivity index (χ3n) is 2.38. The van der Waals surface area contributed by atoms with Crippen molar-refractivity contribution in [3.63, 3.8) is 0 Å². The van der Waals surface area contributed by atoms with Crippen molar-refractivity contribution >= 4 is 21.6 Å². The van der Waals surface area contributed by atoms with E-state index < -0.39 is 0 Å². The van der Waals surface area contributed by atoms with Gasteiger partial charge in [0.1, 0.15) is 5.75 Å². The highest BCUT2D eigenvalue weighted by Gasteiger charge is 2.00. The summed E-state index contributed by atoms with van der Waals surface area (Å²) in [5, 5.41) is 12.7. The molecule has 3 nitrogen and oxygen atoms in total. The topological polar surface area (TPSA) is 45.2 Å². The fraction of sp³-hybridized carbons (Fsp3) is 0.154. The van der Waals surface area contributed by atoms with E-state index in [1.54, 1.807) is 12.3 Å². The molecule has 0 saturated carbocycles. The standard InChI is InChI=1S/C13H13BrN2O/c1-9-4-11(8-15-6-9)16-7-10-2-3-13(17)12(14)5-10/h2-6,8,16-17H,7H2,1H3. The van der Waals surface area contributed by atoms with Crippen LogP contribution in [-0.4, -0.2) is 10.1 Å². The zero-order valence-electron chi connectivity index (χ0n) is 9.44. The number of benzene rings is 1. The molecule has 0 amide bonds. The highest BCUT2D eigenvalue weighted by Crippen LogP contribution is 2.24. The first kappa shape index (κ1) is 11.9. The lowest BCUT2D eigenvalue weighted by molar-refractivity contribution is 0.471. The van der Waals surface area contributed by atoms with Crippen LogP contribution in [0.25, 0.3) is 0 Å². The number of nitrogens with one attached hydrogen (secondary N) is 1. The van der Waals surface area contributed by atoms with Crippen LogP contribution in [0.2, 0.25) is 0 Å². The summed E-state index contributed by atoms with van der Waals surface area (Å²) >= 11 is 3.29. The number of nitrogens with zero attached hydrogens (tertiary/aromatic N) is 1. The highest BCUT2D eigenvalue weighted by molar-refractivity contribution is 9.10. The molecule has 0 spiro atoms. The molecule has 0 aliphatic rings. The molecule has 2 rings (SSSR count). The van der Waals surface area contributed by atoms with E-state index in [1.165, 1.54) is 0 Å². The first-order valence-electron chi connectivity index (χ1n) is 5.28. The Morgan fingerprint density at radius 1 is 1.29 bits per heavy atom. The number of hydrogen-bond donors (Lipinski definition) is 2. The fourth-order valence-electron chi connectivity index (χ4n) is 1.52. The summed E-state index contributed by atoms with van der Waals surface area (Å²) in [5.41, 5.74) is 3.22. The molecule has 0 fully saturated rings. The Morgan fingerprint density at radius 2 is 2.12 bits per heavy atom. The summed E-state index contributed by atoms with van der Waals surface area (Å²) in [5.74, 6) is 0.256. The Balaban J connectivity index is 2.05. The van der Waals surface area contributed by atoms with Gasteiger partial charge in [-0.2, -0.15) is 0 Å². The van der Waals surface area contributed by atoms with Gasteiger partial charge in [-0.1, -0.05) is 6.07 Å². The SMILES string of the molecule is Cc1cncc(NCc2ccc(O)c(Br)c2)c1. The monoisotopic (exact) mass is 292 g/mol. The van der Waals surface area contributed by atoms with Crippen LogP contribution in [0.4, 0.5) is 5.69 Å². The number of aromatic nitrogens is 1. The zero-order chi connectivity index (χ0) is 12.3. The van der Waals surface area contributed by atoms with Crippen LogP contribution < -0.4 is 5.32 Å². The summed E-state index contributed by atoms with van der Waals surface area (Å²) < 4.78 is 0.708. The van der Waals surface area contributed by atoms with Crippen molar-refractivity contribution < 1.29 is 5.11 Å². The molecule has 2 aromatic rings. The van der Waals surface area contributed by atoms with Crippen molar-refractivity contribution in [1.29, 1.82) is 0 Å². The molecule has 0 saturated heterocycles. The van der Waals surface area contributed by atoms with Gasteiger partial charge in [-0.25, -0.2) is 0 Å². The van der Waals surface area contributed by atoms with Gasteiger partial charge >= 0.3 is 0 Å². The number of pyridine rings is 1. The van der Waals surface area contributed by atoms with Crippen LogP contribution in [0.3, 0.4) is 0 Å². The number of rotatable bonds is 3. The Bertz CT molecular complexity index is 529. The lowest BCUT2D eigenvalue weighted by Gasteiger charge is -2.07. The molecule has 0 atom stereocenters. The number of phenols is 1. The lowest BCUT2D eigenvalue weighted by atomic mass is 10.2. The maximum Gasteiger partial charge on any atom is 0.129 e. The molecule has 0 radical (unpaired) electrons. The Morgan fingerprint density at radius 3 is 2.82 bits per heavy atom. The predicted octanol–water partition coefficient (Wildman–Crippen LogP) is 3.47. The highest BCUT2D eigenvalue weighted by atomic mass is 79.9. The van der Waals surface area contributed by atoms with Crippen molar-refractivity contribution in [2.75, 3.05) is 5.32 Å². The Hall–Kier alpha value is -1.55. The average Bonchev–Trinajstić information content (AvgIpc) is 2.31. The quantitative estimate of drug-likeness (QED) is 0.910. The molecule has 1 heterocycles. The second-order valence-corrected chi connectivity index (χ2v) is 4.74. The number of phenolic OH excluding ortho intramolecular Hbond substituents is 1. The third-order valence-corrected chi connectivity index (χ3v) is 3.02. The molecular weight excluding hydrogens is 280 g/mol. The van der Waals surface area contributed by atoms with Crippen molar-refractivity contribution in [1.82, 2.24) is 4.98 Å². The molecule has 2 N–H and O–H groups in total. The average molecular weight is 293 g/mol. The molecule has 0 bridgehead atoms. The summed E-state index contributed by atoms with van der Waals surface area (Å²) in [6.45, 7) is 2.71. The minimum Gasteiger partial charge on any atom is -0.507 e. The van der Waals surface area contributed by atoms with E-state index in [0.29, 0.717) is 11.0 Å². The number of aromatic hydroxyl groups is 1. The van der Waals surface area contributed by atoms with Crippen LogP contribution in [-0.2, 0) is 6.54 Å². The molecule has 1 aromatic heterocycles. The second-order valence-electron chi connectivity index (χ2n) is 3.89. The van der Waals surface area contributed by atoms with Gasteiger partial charge in [-0.05, 0) is 52.2 Å². The maximum absolute atomic E-state index is 9.39. The van der Waals surface area contributed by atoms with Crippen LogP contribution in [0.1, 0.15) is 11.1 Å². The third kappa shape index (κ3) is 3.20. The van der Waals surface area contributed by atoms with Gasteiger partial charge in [0.25, 0.3) is 0 Å². The van der Waals surface area contributed by atoms with Gasteiger partial charge in [-0.3, -0.25) is 4.98 Å². The molecule has 1 aromatic carbocycles. The van der Waals surface area contributed by atoms with Gasteiger partial charge in [0, 0.05) is 18.9 Å². The van der Waals surface area contributed by atoms with Gasteiger partial charge in [0.05, 0.1) is 10.2 Å². The molecule has 4 heteroatoms. The summed E-state index contributed by atoms with van der Waals surface area (Å²) in [4.78, 5) is 4.12. The van der Waals surface area contributed by atoms with Crippen LogP contribution in [0.15, 0.2) is 41.1 Å². The van der Waals surface area contributed by atoms with E-state index in [4.69, 9.17) is 0 Å². The van der Waals surface area contributed by atoms with Gasteiger partial charge in [0.15, 0.2) is 0 Å². The number of anilines is 1. The molecule has 0 aliphatic carbocycles. The first-order valence-corrected chi connectivity index (χ1v) is 6.07. The number of aryl methyl sites for hydroxylation is 1. The minimum absolute atomic E-state index is 0.256. The normalized spacial score (nSPS) is 10.2. The van der Waals surface area contributed by atoms with Crippen molar-refractivity contribution in [3.05, 3.63) is 52.3 Å². The summed E-state index contributed by atoms with van der Waals surface area (Å²) in [6.07, 6.45) is 3.62. The number of halogens is 1. The van der Waals surface area contributed by atoms with E-state index in [0.717, 1.165) is 16.8 Å². The van der Waals surface area contributed by atoms with E-state index in [-0.39, 0.29) is 5.75 Å². The van der Waals surface area contributed by atoms with Crippen molar-refractivity contribution in [3.8, 4) is 5.75 Å². The molecule has 88 valence electrons.